The summed E-state index contributed by atoms with van der Waals surface area (Å²) in [4.78, 5) is 36.8. The smallest absolute Gasteiger partial charge is 0.362 e. The first-order valence-corrected chi connectivity index (χ1v) is 10.3. The third-order valence-electron chi connectivity index (χ3n) is 5.37. The van der Waals surface area contributed by atoms with E-state index in [9.17, 15) is 38.2 Å². The zero-order valence-corrected chi connectivity index (χ0v) is 18.5. The second-order valence-electron chi connectivity index (χ2n) is 7.40. The number of benzene rings is 2. The highest BCUT2D eigenvalue weighted by molar-refractivity contribution is 7.80. The molecule has 1 heterocycles. The lowest BCUT2D eigenvalue weighted by Gasteiger charge is -2.37. The topological polar surface area (TPSA) is 122 Å². The predicted octanol–water partition coefficient (Wildman–Crippen LogP) is 3.67. The van der Waals surface area contributed by atoms with E-state index in [1.807, 2.05) is 0 Å². The van der Waals surface area contributed by atoms with Crippen molar-refractivity contribution in [3.63, 3.8) is 0 Å². The maximum atomic E-state index is 12.9. The van der Waals surface area contributed by atoms with Crippen molar-refractivity contribution in [2.75, 3.05) is 31.1 Å². The van der Waals surface area contributed by atoms with Gasteiger partial charge in [-0.05, 0) is 37.3 Å². The SMILES string of the molecule is Cc1c(C(=O)NC(=S)N2CCN(c3ccc(C(F)(F)F)cc3[N+](=O)[O-])CC2)cccc1[N+](=O)[O-]. The quantitative estimate of drug-likeness (QED) is 0.386. The van der Waals surface area contributed by atoms with E-state index in [2.05, 4.69) is 5.32 Å². The summed E-state index contributed by atoms with van der Waals surface area (Å²) in [6.07, 6.45) is -4.70. The molecule has 1 amide bonds. The second kappa shape index (κ2) is 9.59. The molecule has 34 heavy (non-hydrogen) atoms. The van der Waals surface area contributed by atoms with Crippen LogP contribution < -0.4 is 10.2 Å². The average molecular weight is 497 g/mol. The van der Waals surface area contributed by atoms with Crippen LogP contribution in [0.3, 0.4) is 0 Å². The van der Waals surface area contributed by atoms with Crippen molar-refractivity contribution in [2.24, 2.45) is 0 Å². The van der Waals surface area contributed by atoms with Crippen molar-refractivity contribution in [3.05, 3.63) is 73.3 Å². The molecule has 1 saturated heterocycles. The molecular formula is C20H18F3N5O5S. The van der Waals surface area contributed by atoms with Crippen LogP contribution in [-0.2, 0) is 6.18 Å². The Morgan fingerprint density at radius 2 is 1.65 bits per heavy atom. The van der Waals surface area contributed by atoms with E-state index in [4.69, 9.17) is 12.2 Å². The normalized spacial score (nSPS) is 14.0. The van der Waals surface area contributed by atoms with Gasteiger partial charge in [-0.15, -0.1) is 0 Å². The third kappa shape index (κ3) is 5.22. The molecule has 1 fully saturated rings. The summed E-state index contributed by atoms with van der Waals surface area (Å²) in [7, 11) is 0. The van der Waals surface area contributed by atoms with Crippen LogP contribution >= 0.6 is 12.2 Å². The van der Waals surface area contributed by atoms with Crippen LogP contribution in [0.2, 0.25) is 0 Å². The molecule has 1 N–H and O–H groups in total. The number of nitro benzene ring substituents is 2. The minimum atomic E-state index is -4.70. The second-order valence-corrected chi connectivity index (χ2v) is 7.79. The number of rotatable bonds is 4. The first-order chi connectivity index (χ1) is 15.9. The molecule has 0 atom stereocenters. The number of nitrogens with one attached hydrogen (secondary N) is 1. The van der Waals surface area contributed by atoms with Gasteiger partial charge in [0.2, 0.25) is 0 Å². The zero-order valence-electron chi connectivity index (χ0n) is 17.7. The van der Waals surface area contributed by atoms with Crippen molar-refractivity contribution >= 4 is 40.3 Å². The lowest BCUT2D eigenvalue weighted by molar-refractivity contribution is -0.385. The molecule has 0 bridgehead atoms. The number of halogens is 3. The zero-order chi connectivity index (χ0) is 25.2. The number of nitrogens with zero attached hydrogens (tertiary/aromatic N) is 4. The lowest BCUT2D eigenvalue weighted by Crippen LogP contribution is -2.52. The van der Waals surface area contributed by atoms with Gasteiger partial charge in [0.25, 0.3) is 17.3 Å². The molecule has 0 aromatic heterocycles. The number of carbonyl (C=O) groups is 1. The summed E-state index contributed by atoms with van der Waals surface area (Å²) in [6, 6.07) is 6.47. The summed E-state index contributed by atoms with van der Waals surface area (Å²) >= 11 is 5.27. The first-order valence-electron chi connectivity index (χ1n) is 9.85. The number of amides is 1. The van der Waals surface area contributed by atoms with Crippen LogP contribution in [0.15, 0.2) is 36.4 Å². The summed E-state index contributed by atoms with van der Waals surface area (Å²) in [5, 5.41) is 25.0. The number of hydrogen-bond acceptors (Lipinski definition) is 7. The van der Waals surface area contributed by atoms with Crippen molar-refractivity contribution in [1.29, 1.82) is 0 Å². The molecule has 0 unspecified atom stereocenters. The minimum Gasteiger partial charge on any atom is -0.362 e. The molecular weight excluding hydrogens is 479 g/mol. The van der Waals surface area contributed by atoms with Crippen LogP contribution in [-0.4, -0.2) is 51.9 Å². The molecule has 0 radical (unpaired) electrons. The van der Waals surface area contributed by atoms with Gasteiger partial charge in [0.1, 0.15) is 5.69 Å². The number of carbonyl (C=O) groups excluding carboxylic acids is 1. The van der Waals surface area contributed by atoms with Crippen molar-refractivity contribution in [1.82, 2.24) is 10.2 Å². The van der Waals surface area contributed by atoms with E-state index in [-0.39, 0.29) is 53.8 Å². The third-order valence-corrected chi connectivity index (χ3v) is 5.73. The highest BCUT2D eigenvalue weighted by Crippen LogP contribution is 2.36. The Morgan fingerprint density at radius 1 is 1.03 bits per heavy atom. The van der Waals surface area contributed by atoms with Gasteiger partial charge >= 0.3 is 6.18 Å². The van der Waals surface area contributed by atoms with Gasteiger partial charge in [0.05, 0.1) is 15.4 Å². The number of nitro groups is 2. The highest BCUT2D eigenvalue weighted by Gasteiger charge is 2.34. The largest absolute Gasteiger partial charge is 0.416 e. The molecule has 14 heteroatoms. The van der Waals surface area contributed by atoms with Crippen LogP contribution in [0.1, 0.15) is 21.5 Å². The van der Waals surface area contributed by atoms with Crippen LogP contribution in [0.5, 0.6) is 0 Å². The van der Waals surface area contributed by atoms with Crippen molar-refractivity contribution < 1.29 is 27.8 Å². The standard InChI is InChI=1S/C20H18F3N5O5S/c1-12-14(3-2-4-15(12)27(30)31)18(29)24-19(34)26-9-7-25(8-10-26)16-6-5-13(20(21,22)23)11-17(16)28(32)33/h2-6,11H,7-10H2,1H3,(H,24,29,34). The van der Waals surface area contributed by atoms with E-state index in [1.165, 1.54) is 25.1 Å². The molecule has 0 saturated carbocycles. The molecule has 180 valence electrons. The Bertz CT molecular complexity index is 1170. The first kappa shape index (κ1) is 24.8. The van der Waals surface area contributed by atoms with Crippen molar-refractivity contribution in [2.45, 2.75) is 13.1 Å². The Balaban J connectivity index is 1.68. The van der Waals surface area contributed by atoms with Crippen LogP contribution in [0.4, 0.5) is 30.2 Å². The van der Waals surface area contributed by atoms with Crippen molar-refractivity contribution in [3.8, 4) is 0 Å². The predicted molar refractivity (Wildman–Crippen MR) is 120 cm³/mol. The fourth-order valence-electron chi connectivity index (χ4n) is 3.57. The van der Waals surface area contributed by atoms with Gasteiger partial charge in [-0.25, -0.2) is 0 Å². The molecule has 10 nitrogen and oxygen atoms in total. The fourth-order valence-corrected chi connectivity index (χ4v) is 3.85. The average Bonchev–Trinajstić information content (AvgIpc) is 2.78. The molecule has 1 aliphatic rings. The molecule has 2 aromatic carbocycles. The number of piperazine rings is 1. The summed E-state index contributed by atoms with van der Waals surface area (Å²) in [6.45, 7) is 2.35. The van der Waals surface area contributed by atoms with Gasteiger partial charge in [-0.1, -0.05) is 6.07 Å². The highest BCUT2D eigenvalue weighted by atomic mass is 32.1. The van der Waals surface area contributed by atoms with E-state index >= 15 is 0 Å². The molecule has 1 aliphatic heterocycles. The maximum absolute atomic E-state index is 12.9. The Labute approximate surface area is 196 Å². The van der Waals surface area contributed by atoms with E-state index < -0.39 is 33.2 Å². The lowest BCUT2D eigenvalue weighted by atomic mass is 10.1. The van der Waals surface area contributed by atoms with Gasteiger partial charge in [0.15, 0.2) is 5.11 Å². The van der Waals surface area contributed by atoms with E-state index in [1.54, 1.807) is 9.80 Å². The van der Waals surface area contributed by atoms with E-state index in [0.717, 1.165) is 12.1 Å². The molecule has 2 aromatic rings. The minimum absolute atomic E-state index is 0.0554. The number of hydrogen-bond donors (Lipinski definition) is 1. The van der Waals surface area contributed by atoms with Crippen LogP contribution in [0.25, 0.3) is 0 Å². The number of anilines is 1. The summed E-state index contributed by atoms with van der Waals surface area (Å²) in [5.74, 6) is -0.619. The fraction of sp³-hybridized carbons (Fsp3) is 0.300. The van der Waals surface area contributed by atoms with Gasteiger partial charge in [-0.2, -0.15) is 13.2 Å². The Hall–Kier alpha value is -3.81. The van der Waals surface area contributed by atoms with E-state index in [0.29, 0.717) is 6.07 Å². The number of alkyl halides is 3. The Kier molecular flexibility index (Phi) is 7.00. The molecule has 3 rings (SSSR count). The van der Waals surface area contributed by atoms with Gasteiger partial charge in [0, 0.05) is 49.4 Å². The summed E-state index contributed by atoms with van der Waals surface area (Å²) in [5.41, 5.74) is -1.63. The van der Waals surface area contributed by atoms with Gasteiger partial charge < -0.3 is 9.80 Å². The van der Waals surface area contributed by atoms with Crippen LogP contribution in [0, 0.1) is 27.2 Å². The monoisotopic (exact) mass is 497 g/mol. The molecule has 0 spiro atoms. The summed E-state index contributed by atoms with van der Waals surface area (Å²) < 4.78 is 38.8. The molecule has 0 aliphatic carbocycles. The Morgan fingerprint density at radius 3 is 2.21 bits per heavy atom. The van der Waals surface area contributed by atoms with Gasteiger partial charge in [-0.3, -0.25) is 30.3 Å². The maximum Gasteiger partial charge on any atom is 0.416 e. The number of thiocarbonyl (C=S) groups is 1.